The molecule has 10 heteroatoms. The lowest BCUT2D eigenvalue weighted by Crippen LogP contribution is -2.54. The highest BCUT2D eigenvalue weighted by atomic mass is 32.2. The molecule has 0 saturated carbocycles. The number of carbonyl (C=O) groups excluding carboxylic acids is 1. The van der Waals surface area contributed by atoms with Gasteiger partial charge in [0.05, 0.1) is 9.73 Å². The second-order valence-corrected chi connectivity index (χ2v) is 12.1. The Balaban J connectivity index is 2.16. The average Bonchev–Trinajstić information content (AvgIpc) is 2.70. The lowest BCUT2D eigenvalue weighted by molar-refractivity contribution is 0.0560. The average molecular weight is 440 g/mol. The van der Waals surface area contributed by atoms with E-state index in [1.54, 1.807) is 34.6 Å². The number of halogens is 1. The predicted octanol–water partition coefficient (Wildman–Crippen LogP) is 3.37. The minimum absolute atomic E-state index is 0.0521. The maximum atomic E-state index is 14.7. The second kappa shape index (κ2) is 7.47. The number of ether oxygens (including phenoxy) is 1. The topological polar surface area (TPSA) is 119 Å². The van der Waals surface area contributed by atoms with Gasteiger partial charge in [0.1, 0.15) is 39.1 Å². The quantitative estimate of drug-likeness (QED) is 0.695. The monoisotopic (exact) mass is 439 g/mol. The highest BCUT2D eigenvalue weighted by Crippen LogP contribution is 2.41. The van der Waals surface area contributed by atoms with Gasteiger partial charge < -0.3 is 10.5 Å². The smallest absolute Gasteiger partial charge is 0.413 e. The summed E-state index contributed by atoms with van der Waals surface area (Å²) in [5.74, 6) is -0.00660. The Bertz CT molecular complexity index is 1010. The van der Waals surface area contributed by atoms with Crippen LogP contribution >= 0.6 is 0 Å². The van der Waals surface area contributed by atoms with Crippen molar-refractivity contribution in [1.29, 1.82) is 0 Å². The summed E-state index contributed by atoms with van der Waals surface area (Å²) in [6.45, 7) is 9.23. The van der Waals surface area contributed by atoms with Crippen LogP contribution in [0.1, 0.15) is 59.6 Å². The van der Waals surface area contributed by atoms with E-state index in [1.807, 2.05) is 0 Å². The number of alkyl carbamates (subject to hydrolysis) is 1. The summed E-state index contributed by atoms with van der Waals surface area (Å²) in [7, 11) is -2.77. The van der Waals surface area contributed by atoms with Crippen molar-refractivity contribution in [3.05, 3.63) is 23.6 Å². The van der Waals surface area contributed by atoms with E-state index >= 15 is 0 Å². The Kier molecular flexibility index (Phi) is 5.59. The summed E-state index contributed by atoms with van der Waals surface area (Å²) in [6.07, 6.45) is 0.787. The lowest BCUT2D eigenvalue weighted by atomic mass is 9.93. The minimum atomic E-state index is -2.77. The number of aromatic nitrogens is 1. The van der Waals surface area contributed by atoms with Gasteiger partial charge in [-0.05, 0) is 66.0 Å². The number of nitrogens with two attached hydrogens (primary N) is 1. The Morgan fingerprint density at radius 3 is 2.67 bits per heavy atom. The maximum Gasteiger partial charge on any atom is 0.413 e. The number of aliphatic imine (C=N–C) groups is 1. The zero-order valence-corrected chi connectivity index (χ0v) is 18.9. The molecule has 8 nitrogen and oxygen atoms in total. The molecule has 30 heavy (non-hydrogen) atoms. The zero-order valence-electron chi connectivity index (χ0n) is 18.1. The molecule has 0 saturated heterocycles. The van der Waals surface area contributed by atoms with Crippen molar-refractivity contribution in [3.8, 4) is 0 Å². The number of hydrogen-bond donors (Lipinski definition) is 2. The van der Waals surface area contributed by atoms with Gasteiger partial charge in [-0.25, -0.2) is 22.7 Å². The molecule has 0 bridgehead atoms. The highest BCUT2D eigenvalue weighted by Gasteiger charge is 2.49. The van der Waals surface area contributed by atoms with Crippen LogP contribution in [-0.2, 0) is 20.0 Å². The predicted molar refractivity (Wildman–Crippen MR) is 115 cm³/mol. The van der Waals surface area contributed by atoms with Gasteiger partial charge in [0.2, 0.25) is 0 Å². The van der Waals surface area contributed by atoms with Gasteiger partial charge >= 0.3 is 6.09 Å². The molecular formula is C20H30FN5O3S. The van der Waals surface area contributed by atoms with Crippen molar-refractivity contribution in [2.75, 3.05) is 18.0 Å². The number of rotatable bonds is 1. The highest BCUT2D eigenvalue weighted by molar-refractivity contribution is 7.95. The third-order valence-corrected chi connectivity index (χ3v) is 8.70. The van der Waals surface area contributed by atoms with E-state index in [0.29, 0.717) is 19.4 Å². The standard InChI is InChI=1S/C20H30FN5O3S/c1-18(2,3)29-17(27)25-16-20(5)9-6-11-23-30(20,28)12-10-19(4,26-16)15-13(21)7-8-14(22)24-15/h7-8H,6,9-12H2,1-5H3,(H2,22,24)(H,25,26,27)/t19-,20-,30+/m0/s1. The van der Waals surface area contributed by atoms with Crippen molar-refractivity contribution < 1.29 is 18.1 Å². The molecule has 0 spiro atoms. The van der Waals surface area contributed by atoms with Gasteiger partial charge in [-0.3, -0.25) is 10.3 Å². The fourth-order valence-corrected chi connectivity index (χ4v) is 6.64. The largest absolute Gasteiger partial charge is 0.444 e. The van der Waals surface area contributed by atoms with E-state index in [4.69, 9.17) is 15.5 Å². The molecular weight excluding hydrogens is 409 g/mol. The zero-order chi connectivity index (χ0) is 22.4. The number of pyridine rings is 1. The molecule has 3 N–H and O–H groups in total. The van der Waals surface area contributed by atoms with Gasteiger partial charge in [0.25, 0.3) is 0 Å². The van der Waals surface area contributed by atoms with Crippen molar-refractivity contribution in [1.82, 2.24) is 10.3 Å². The molecule has 0 aliphatic carbocycles. The lowest BCUT2D eigenvalue weighted by Gasteiger charge is -2.35. The van der Waals surface area contributed by atoms with Crippen molar-refractivity contribution in [2.24, 2.45) is 9.36 Å². The van der Waals surface area contributed by atoms with Crippen LogP contribution in [0, 0.1) is 5.82 Å². The van der Waals surface area contributed by atoms with Gasteiger partial charge in [0.15, 0.2) is 0 Å². The van der Waals surface area contributed by atoms with Crippen molar-refractivity contribution >= 4 is 27.5 Å². The fourth-order valence-electron chi connectivity index (χ4n) is 3.81. The van der Waals surface area contributed by atoms with Gasteiger partial charge in [0, 0.05) is 12.3 Å². The maximum absolute atomic E-state index is 14.7. The fraction of sp³-hybridized carbons (Fsp3) is 0.650. The van der Waals surface area contributed by atoms with E-state index in [9.17, 15) is 13.4 Å². The Morgan fingerprint density at radius 2 is 2.00 bits per heavy atom. The number of fused-ring (bicyclic) bond motifs is 1. The van der Waals surface area contributed by atoms with E-state index in [2.05, 4.69) is 14.7 Å². The number of anilines is 1. The van der Waals surface area contributed by atoms with Crippen LogP contribution in [0.2, 0.25) is 0 Å². The van der Waals surface area contributed by atoms with Crippen LogP contribution in [0.3, 0.4) is 0 Å². The molecule has 0 fully saturated rings. The second-order valence-electron chi connectivity index (χ2n) is 9.21. The number of nitrogens with one attached hydrogen (secondary N) is 1. The summed E-state index contributed by atoms with van der Waals surface area (Å²) >= 11 is 0. The molecule has 1 amide bonds. The molecule has 3 heterocycles. The van der Waals surface area contributed by atoms with E-state index in [0.717, 1.165) is 0 Å². The van der Waals surface area contributed by atoms with Crippen molar-refractivity contribution in [3.63, 3.8) is 0 Å². The van der Waals surface area contributed by atoms with Crippen LogP contribution in [0.5, 0.6) is 0 Å². The first-order valence-corrected chi connectivity index (χ1v) is 11.7. The van der Waals surface area contributed by atoms with Crippen LogP contribution < -0.4 is 11.1 Å². The van der Waals surface area contributed by atoms with Crippen molar-refractivity contribution in [2.45, 2.75) is 69.8 Å². The first kappa shape index (κ1) is 22.5. The van der Waals surface area contributed by atoms with Gasteiger partial charge in [-0.15, -0.1) is 0 Å². The van der Waals surface area contributed by atoms with E-state index in [-0.39, 0.29) is 29.5 Å². The van der Waals surface area contributed by atoms with Crippen LogP contribution in [0.4, 0.5) is 15.0 Å². The molecule has 2 aliphatic heterocycles. The van der Waals surface area contributed by atoms with E-state index in [1.165, 1.54) is 12.1 Å². The first-order chi connectivity index (χ1) is 13.8. The van der Waals surface area contributed by atoms with Gasteiger partial charge in [-0.2, -0.15) is 0 Å². The van der Waals surface area contributed by atoms with Crippen LogP contribution in [0.25, 0.3) is 0 Å². The Hall–Kier alpha value is -2.23. The summed E-state index contributed by atoms with van der Waals surface area (Å²) in [5, 5.41) is 2.71. The molecule has 0 aromatic carbocycles. The summed E-state index contributed by atoms with van der Waals surface area (Å²) in [4.78, 5) is 21.5. The first-order valence-electron chi connectivity index (χ1n) is 10.0. The molecule has 3 atom stereocenters. The number of nitrogen functional groups attached to an aromatic ring is 1. The third-order valence-electron chi connectivity index (χ3n) is 5.54. The summed E-state index contributed by atoms with van der Waals surface area (Å²) < 4.78 is 37.5. The molecule has 1 aromatic heterocycles. The number of hydrogen-bond acceptors (Lipinski definition) is 7. The normalized spacial score (nSPS) is 31.6. The summed E-state index contributed by atoms with van der Waals surface area (Å²) in [6, 6.07) is 2.61. The SMILES string of the molecule is CC(C)(C)OC(=O)NC1=N[C@](C)(c2nc(N)ccc2F)CC[S@]2(=O)=NCCC[C@@]12C. The number of amides is 1. The van der Waals surface area contributed by atoms with Gasteiger partial charge in [-0.1, -0.05) is 0 Å². The number of carbonyl (C=O) groups is 1. The molecule has 1 aromatic rings. The molecule has 166 valence electrons. The molecule has 0 unspecified atom stereocenters. The van der Waals surface area contributed by atoms with Crippen LogP contribution in [0.15, 0.2) is 21.5 Å². The van der Waals surface area contributed by atoms with Crippen LogP contribution in [-0.4, -0.2) is 43.8 Å². The van der Waals surface area contributed by atoms with E-state index < -0.39 is 37.5 Å². The number of nitrogens with zero attached hydrogens (tertiary/aromatic N) is 3. The molecule has 3 rings (SSSR count). The number of amidine groups is 1. The Labute approximate surface area is 177 Å². The molecule has 0 radical (unpaired) electrons. The third kappa shape index (κ3) is 4.14. The molecule has 2 aliphatic rings. The minimum Gasteiger partial charge on any atom is -0.444 e. The Morgan fingerprint density at radius 1 is 1.30 bits per heavy atom. The summed E-state index contributed by atoms with van der Waals surface area (Å²) in [5.41, 5.74) is 3.95.